The van der Waals surface area contributed by atoms with E-state index in [1.807, 2.05) is 60.7 Å². The average molecular weight is 1130 g/mol. The first kappa shape index (κ1) is 72.8. The molecule has 0 bridgehead atoms. The second-order valence-corrected chi connectivity index (χ2v) is 22.6. The molecule has 2 amide bonds. The number of rotatable bonds is 31. The third kappa shape index (κ3) is 32.8. The molecule has 2 aromatic rings. The zero-order valence-electron chi connectivity index (χ0n) is 45.1. The highest BCUT2D eigenvalue weighted by atomic mass is 31.2. The van der Waals surface area contributed by atoms with E-state index in [2.05, 4.69) is 18.5 Å². The van der Waals surface area contributed by atoms with Gasteiger partial charge in [0, 0.05) is 65.6 Å². The maximum atomic E-state index is 12.8. The number of amides is 2. The quantitative estimate of drug-likeness (QED) is 0.0170. The van der Waals surface area contributed by atoms with Gasteiger partial charge in [0.2, 0.25) is 0 Å². The molecule has 1 heterocycles. The van der Waals surface area contributed by atoms with Crippen LogP contribution < -0.4 is 0 Å². The van der Waals surface area contributed by atoms with Gasteiger partial charge in [-0.05, 0) is 84.8 Å². The predicted octanol–water partition coefficient (Wildman–Crippen LogP) is 11.1. The van der Waals surface area contributed by atoms with Crippen LogP contribution in [0.5, 0.6) is 0 Å². The lowest BCUT2D eigenvalue weighted by Gasteiger charge is -2.24. The fraction of sp³-hybridized carbons (Fsp3) is 0.627. The molecule has 3 rings (SSSR count). The number of ether oxygens (including phenoxy) is 5. The molecule has 21 nitrogen and oxygen atoms in total. The summed E-state index contributed by atoms with van der Waals surface area (Å²) in [7, 11) is -4.85. The number of hydrogen-bond acceptors (Lipinski definition) is 19. The molecule has 0 spiro atoms. The average Bonchev–Trinajstić information content (AvgIpc) is 4.01. The molecule has 1 aliphatic heterocycles. The van der Waals surface area contributed by atoms with E-state index in [0.29, 0.717) is 44.3 Å². The number of hydrogen-bond donors (Lipinski definition) is 0. The lowest BCUT2D eigenvalue weighted by atomic mass is 10.2. The van der Waals surface area contributed by atoms with Gasteiger partial charge in [-0.3, -0.25) is 18.5 Å². The van der Waals surface area contributed by atoms with Gasteiger partial charge in [0.1, 0.15) is 19.5 Å². The Morgan fingerprint density at radius 3 is 1.35 bits per heavy atom. The molecule has 0 N–H and O–H groups in total. The van der Waals surface area contributed by atoms with Crippen LogP contribution in [-0.4, -0.2) is 152 Å². The van der Waals surface area contributed by atoms with E-state index < -0.39 is 46.6 Å². The number of unbranched alkanes of at least 4 members (excludes halogenated alkanes) is 2. The van der Waals surface area contributed by atoms with Crippen LogP contribution in [0.25, 0.3) is 0 Å². The minimum atomic E-state index is -3.32. The first-order valence-corrected chi connectivity index (χ1v) is 29.7. The molecule has 75 heavy (non-hydrogen) atoms. The fourth-order valence-corrected chi connectivity index (χ4v) is 10.6. The van der Waals surface area contributed by atoms with Crippen LogP contribution in [-0.2, 0) is 92.1 Å². The lowest BCUT2D eigenvalue weighted by Crippen LogP contribution is -2.35. The summed E-state index contributed by atoms with van der Waals surface area (Å²) in [4.78, 5) is 60.9. The molecule has 1 atom stereocenters. The number of methoxy groups -OCH3 is 2. The summed E-state index contributed by atoms with van der Waals surface area (Å²) in [6.07, 6.45) is 6.30. The summed E-state index contributed by atoms with van der Waals surface area (Å²) in [5.74, 6) is -0.990. The monoisotopic (exact) mass is 1120 g/mol. The minimum absolute atomic E-state index is 0. The summed E-state index contributed by atoms with van der Waals surface area (Å²) in [6.45, 7) is 14.5. The Morgan fingerprint density at radius 2 is 1.03 bits per heavy atom. The van der Waals surface area contributed by atoms with Crippen LogP contribution >= 0.6 is 22.8 Å². The van der Waals surface area contributed by atoms with E-state index >= 15 is 0 Å². The van der Waals surface area contributed by atoms with Crippen molar-refractivity contribution in [1.29, 1.82) is 0 Å². The molecular formula is C51H87N2O19P3. The number of aldehydes is 1. The normalized spacial score (nSPS) is 12.6. The Kier molecular flexibility index (Phi) is 42.5. The predicted molar refractivity (Wildman–Crippen MR) is 288 cm³/mol. The summed E-state index contributed by atoms with van der Waals surface area (Å²) < 4.78 is 92.0. The van der Waals surface area contributed by atoms with E-state index in [4.69, 9.17) is 32.3 Å². The first-order valence-electron chi connectivity index (χ1n) is 24.6. The van der Waals surface area contributed by atoms with Gasteiger partial charge in [0.25, 0.3) is 0 Å². The molecule has 1 saturated heterocycles. The maximum Gasteiger partial charge on any atom is 0.410 e. The van der Waals surface area contributed by atoms with Gasteiger partial charge in [0.05, 0.1) is 53.0 Å². The highest BCUT2D eigenvalue weighted by Crippen LogP contribution is 2.52. The van der Waals surface area contributed by atoms with Crippen molar-refractivity contribution in [3.8, 4) is 0 Å². The zero-order valence-corrected chi connectivity index (χ0v) is 47.8. The van der Waals surface area contributed by atoms with Crippen molar-refractivity contribution in [3.63, 3.8) is 0 Å². The van der Waals surface area contributed by atoms with Gasteiger partial charge < -0.3 is 65.4 Å². The van der Waals surface area contributed by atoms with E-state index in [-0.39, 0.29) is 78.5 Å². The van der Waals surface area contributed by atoms with Crippen molar-refractivity contribution in [1.82, 2.24) is 9.80 Å². The third-order valence-electron chi connectivity index (χ3n) is 10.2. The van der Waals surface area contributed by atoms with E-state index in [1.54, 1.807) is 40.7 Å². The van der Waals surface area contributed by atoms with Crippen LogP contribution in [0.3, 0.4) is 0 Å². The van der Waals surface area contributed by atoms with Crippen molar-refractivity contribution in [3.05, 3.63) is 83.4 Å². The summed E-state index contributed by atoms with van der Waals surface area (Å²) in [5.41, 5.74) is 1.38. The van der Waals surface area contributed by atoms with Crippen LogP contribution in [0.1, 0.15) is 98.6 Å². The lowest BCUT2D eigenvalue weighted by molar-refractivity contribution is -0.140. The SMILES string of the molecule is C.C1CCOC1.CCOP(=O)(CCN(CCC/C=C(/C)C(=O)OC)C(=O)OCc1ccccc1)OCC.CCOP(=O)(CCN(CCCC=O)C(=O)OCc1ccccc1)OCC.COC(=O)C(C)P(=O)(OC)OC. The van der Waals surface area contributed by atoms with Gasteiger partial charge in [-0.1, -0.05) is 74.2 Å². The van der Waals surface area contributed by atoms with E-state index in [1.165, 1.54) is 58.0 Å². The number of esters is 2. The molecule has 24 heteroatoms. The largest absolute Gasteiger partial charge is 0.468 e. The zero-order chi connectivity index (χ0) is 55.7. The number of nitrogens with zero attached hydrogens (tertiary/aromatic N) is 2. The Morgan fingerprint density at radius 1 is 0.627 bits per heavy atom. The molecule has 0 radical (unpaired) electrons. The number of carbonyl (C=O) groups is 5. The number of benzene rings is 2. The van der Waals surface area contributed by atoms with Gasteiger partial charge in [-0.2, -0.15) is 0 Å². The Bertz CT molecular complexity index is 1990. The minimum Gasteiger partial charge on any atom is -0.468 e. The van der Waals surface area contributed by atoms with Crippen molar-refractivity contribution in [2.45, 2.75) is 106 Å². The molecule has 0 aromatic heterocycles. The summed E-state index contributed by atoms with van der Waals surface area (Å²) in [6, 6.07) is 18.7. The standard InChI is InChI=1S/C22H34NO7P.C18H28NO6P.C6H13O5P.C4H8O.CH4/c1-5-29-31(26,30-6-2)17-16-23(15-11-10-12-19(3)21(24)27-4)22(25)28-18-20-13-8-7-9-14-20;1-3-24-26(22,25-4-2)15-13-19(12-8-9-14-20)18(21)23-16-17-10-6-5-7-11-17;1-5(6(7)9-2)12(8,10-3)11-4;1-2-4-5-3-1;/h7-9,12-14H,5-6,10-11,15-18H2,1-4H3;5-7,10-11,14H,3-4,8-9,12-13,15-16H2,1-2H3;5H,1-4H3;1-4H2;1H4/b19-12-;;;;. The molecule has 1 fully saturated rings. The summed E-state index contributed by atoms with van der Waals surface area (Å²) in [5, 5.41) is 0. The molecule has 430 valence electrons. The van der Waals surface area contributed by atoms with Gasteiger partial charge in [0.15, 0.2) is 5.66 Å². The van der Waals surface area contributed by atoms with Crippen LogP contribution in [0.2, 0.25) is 0 Å². The molecular weight excluding hydrogens is 1040 g/mol. The summed E-state index contributed by atoms with van der Waals surface area (Å²) >= 11 is 0. The Hall–Kier alpha value is -4.26. The molecule has 1 unspecified atom stereocenters. The molecule has 2 aromatic carbocycles. The second kappa shape index (κ2) is 43.8. The van der Waals surface area contributed by atoms with E-state index in [9.17, 15) is 37.7 Å². The smallest absolute Gasteiger partial charge is 0.410 e. The highest BCUT2D eigenvalue weighted by Gasteiger charge is 2.36. The third-order valence-corrected chi connectivity index (χ3v) is 16.5. The topological polar surface area (TPSA) is 245 Å². The van der Waals surface area contributed by atoms with Crippen LogP contribution in [0.15, 0.2) is 72.3 Å². The Labute approximate surface area is 446 Å². The Balaban J connectivity index is 0. The van der Waals surface area contributed by atoms with E-state index in [0.717, 1.165) is 30.6 Å². The van der Waals surface area contributed by atoms with Crippen molar-refractivity contribution >= 4 is 53.2 Å². The van der Waals surface area contributed by atoms with Gasteiger partial charge in [-0.25, -0.2) is 14.4 Å². The molecule has 0 saturated carbocycles. The second-order valence-electron chi connectivity index (χ2n) is 15.6. The first-order chi connectivity index (χ1) is 35.4. The highest BCUT2D eigenvalue weighted by molar-refractivity contribution is 7.55. The van der Waals surface area contributed by atoms with Gasteiger partial charge in [-0.15, -0.1) is 0 Å². The van der Waals surface area contributed by atoms with Crippen molar-refractivity contribution < 1.29 is 88.5 Å². The number of carbonyl (C=O) groups excluding carboxylic acids is 5. The van der Waals surface area contributed by atoms with Gasteiger partial charge >= 0.3 is 46.9 Å². The maximum absolute atomic E-state index is 12.8. The van der Waals surface area contributed by atoms with Crippen molar-refractivity contribution in [2.75, 3.05) is 107 Å². The van der Waals surface area contributed by atoms with Crippen LogP contribution in [0.4, 0.5) is 9.59 Å². The fourth-order valence-electron chi connectivity index (χ4n) is 6.23. The molecule has 1 aliphatic rings. The molecule has 0 aliphatic carbocycles. The van der Waals surface area contributed by atoms with Crippen LogP contribution in [0, 0.1) is 0 Å². The number of allylic oxidation sites excluding steroid dienone is 1. The van der Waals surface area contributed by atoms with Crippen molar-refractivity contribution in [2.24, 2.45) is 0 Å².